The second kappa shape index (κ2) is 5.10. The van der Waals surface area contributed by atoms with Crippen LogP contribution in [0.15, 0.2) is 24.3 Å². The minimum absolute atomic E-state index is 0.168. The van der Waals surface area contributed by atoms with Gasteiger partial charge in [-0.15, -0.1) is 0 Å². The maximum absolute atomic E-state index is 11.7. The summed E-state index contributed by atoms with van der Waals surface area (Å²) < 4.78 is 0. The first-order chi connectivity index (χ1) is 8.20. The summed E-state index contributed by atoms with van der Waals surface area (Å²) in [6.45, 7) is 0.815. The van der Waals surface area contributed by atoms with Crippen LogP contribution in [0.5, 0.6) is 0 Å². The van der Waals surface area contributed by atoms with E-state index in [1.165, 1.54) is 5.56 Å². The van der Waals surface area contributed by atoms with Crippen molar-refractivity contribution in [3.63, 3.8) is 0 Å². The predicted octanol–water partition coefficient (Wildman–Crippen LogP) is 0.926. The highest BCUT2D eigenvalue weighted by molar-refractivity contribution is 6.00. The van der Waals surface area contributed by atoms with Gasteiger partial charge in [0.25, 0.3) is 0 Å². The molecule has 2 rings (SSSR count). The van der Waals surface area contributed by atoms with Crippen molar-refractivity contribution in [2.24, 2.45) is 0 Å². The lowest BCUT2D eigenvalue weighted by Gasteiger charge is -2.21. The largest absolute Gasteiger partial charge is 0.316 e. The monoisotopic (exact) mass is 232 g/mol. The first kappa shape index (κ1) is 11.8. The topological polar surface area (TPSA) is 58.2 Å². The fourth-order valence-corrected chi connectivity index (χ4v) is 2.08. The van der Waals surface area contributed by atoms with E-state index in [1.54, 1.807) is 0 Å². The van der Waals surface area contributed by atoms with Crippen LogP contribution >= 0.6 is 0 Å². The molecule has 0 bridgehead atoms. The smallest absolute Gasteiger partial charge is 0.234 e. The van der Waals surface area contributed by atoms with Gasteiger partial charge >= 0.3 is 0 Å². The molecule has 4 nitrogen and oxygen atoms in total. The van der Waals surface area contributed by atoms with E-state index in [9.17, 15) is 9.59 Å². The molecule has 4 heteroatoms. The minimum atomic E-state index is -0.184. The van der Waals surface area contributed by atoms with Crippen molar-refractivity contribution in [1.82, 2.24) is 10.6 Å². The molecule has 1 fully saturated rings. The lowest BCUT2D eigenvalue weighted by atomic mass is 9.90. The third-order valence-corrected chi connectivity index (χ3v) is 3.00. The van der Waals surface area contributed by atoms with Crippen LogP contribution in [0.1, 0.15) is 29.9 Å². The molecule has 1 saturated heterocycles. The summed E-state index contributed by atoms with van der Waals surface area (Å²) in [5.74, 6) is -0.531. The quantitative estimate of drug-likeness (QED) is 0.762. The molecule has 1 aromatic carbocycles. The van der Waals surface area contributed by atoms with Crippen LogP contribution in [-0.2, 0) is 16.1 Å². The molecule has 0 radical (unpaired) electrons. The zero-order valence-electron chi connectivity index (χ0n) is 9.82. The zero-order valence-corrected chi connectivity index (χ0v) is 9.82. The molecule has 2 N–H and O–H groups in total. The summed E-state index contributed by atoms with van der Waals surface area (Å²) in [5, 5.41) is 5.45. The number of rotatable bonds is 3. The Hall–Kier alpha value is -1.68. The second-order valence-electron chi connectivity index (χ2n) is 4.28. The summed E-state index contributed by atoms with van der Waals surface area (Å²) in [6, 6.07) is 7.95. The maximum Gasteiger partial charge on any atom is 0.234 e. The van der Waals surface area contributed by atoms with Gasteiger partial charge in [0.2, 0.25) is 11.8 Å². The lowest BCUT2D eigenvalue weighted by molar-refractivity contribution is -0.134. The molecular formula is C13H16N2O2. The number of hydrogen-bond acceptors (Lipinski definition) is 3. The van der Waals surface area contributed by atoms with Crippen molar-refractivity contribution in [1.29, 1.82) is 0 Å². The van der Waals surface area contributed by atoms with Crippen molar-refractivity contribution < 1.29 is 9.59 Å². The van der Waals surface area contributed by atoms with Gasteiger partial charge in [0.05, 0.1) is 5.92 Å². The van der Waals surface area contributed by atoms with Gasteiger partial charge in [0.15, 0.2) is 0 Å². The highest BCUT2D eigenvalue weighted by atomic mass is 16.2. The highest BCUT2D eigenvalue weighted by Crippen LogP contribution is 2.24. The Morgan fingerprint density at radius 1 is 1.29 bits per heavy atom. The van der Waals surface area contributed by atoms with Crippen molar-refractivity contribution in [2.45, 2.75) is 25.3 Å². The molecule has 1 heterocycles. The van der Waals surface area contributed by atoms with Gasteiger partial charge in [-0.25, -0.2) is 0 Å². The average Bonchev–Trinajstić information content (AvgIpc) is 2.31. The molecule has 0 saturated carbocycles. The van der Waals surface area contributed by atoms with E-state index in [0.717, 1.165) is 12.1 Å². The van der Waals surface area contributed by atoms with Crippen molar-refractivity contribution in [2.75, 3.05) is 7.05 Å². The number of hydrogen-bond donors (Lipinski definition) is 2. The van der Waals surface area contributed by atoms with E-state index in [0.29, 0.717) is 12.8 Å². The number of imide groups is 1. The SMILES string of the molecule is CNCc1ccc(C2CCC(=O)NC2=O)cc1. The van der Waals surface area contributed by atoms with Gasteiger partial charge < -0.3 is 5.32 Å². The predicted molar refractivity (Wildman–Crippen MR) is 64.3 cm³/mol. The third-order valence-electron chi connectivity index (χ3n) is 3.00. The second-order valence-corrected chi connectivity index (χ2v) is 4.28. The Bertz CT molecular complexity index is 426. The van der Waals surface area contributed by atoms with Crippen LogP contribution in [0.25, 0.3) is 0 Å². The number of nitrogens with one attached hydrogen (secondary N) is 2. The molecule has 17 heavy (non-hydrogen) atoms. The van der Waals surface area contributed by atoms with Crippen molar-refractivity contribution >= 4 is 11.8 Å². The normalized spacial score (nSPS) is 20.2. The standard InChI is InChI=1S/C13H16N2O2/c1-14-8-9-2-4-10(5-3-9)11-6-7-12(16)15-13(11)17/h2-5,11,14H,6-8H2,1H3,(H,15,16,17). The lowest BCUT2D eigenvalue weighted by Crippen LogP contribution is -2.39. The van der Waals surface area contributed by atoms with Gasteiger partial charge in [-0.1, -0.05) is 24.3 Å². The Labute approximate surface area is 100 Å². The Kier molecular flexibility index (Phi) is 3.54. The first-order valence-corrected chi connectivity index (χ1v) is 5.78. The zero-order chi connectivity index (χ0) is 12.3. The molecule has 1 aromatic rings. The van der Waals surface area contributed by atoms with E-state index >= 15 is 0 Å². The number of benzene rings is 1. The van der Waals surface area contributed by atoms with E-state index < -0.39 is 0 Å². The molecule has 90 valence electrons. The van der Waals surface area contributed by atoms with Gasteiger partial charge in [-0.3, -0.25) is 14.9 Å². The van der Waals surface area contributed by atoms with Crippen molar-refractivity contribution in [3.8, 4) is 0 Å². The van der Waals surface area contributed by atoms with Crippen LogP contribution in [0.3, 0.4) is 0 Å². The molecule has 2 amide bonds. The molecule has 1 aliphatic heterocycles. The molecule has 0 aliphatic carbocycles. The molecule has 0 aromatic heterocycles. The number of piperidine rings is 1. The van der Waals surface area contributed by atoms with Gasteiger partial charge in [0.1, 0.15) is 0 Å². The van der Waals surface area contributed by atoms with Crippen molar-refractivity contribution in [3.05, 3.63) is 35.4 Å². The first-order valence-electron chi connectivity index (χ1n) is 5.78. The van der Waals surface area contributed by atoms with Crippen LogP contribution in [0, 0.1) is 0 Å². The van der Waals surface area contributed by atoms with Gasteiger partial charge in [-0.2, -0.15) is 0 Å². The van der Waals surface area contributed by atoms with Crippen LogP contribution in [0.4, 0.5) is 0 Å². The summed E-state index contributed by atoms with van der Waals surface area (Å²) >= 11 is 0. The summed E-state index contributed by atoms with van der Waals surface area (Å²) in [4.78, 5) is 22.7. The number of carbonyl (C=O) groups is 2. The summed E-state index contributed by atoms with van der Waals surface area (Å²) in [5.41, 5.74) is 2.17. The Balaban J connectivity index is 2.11. The summed E-state index contributed by atoms with van der Waals surface area (Å²) in [6.07, 6.45) is 1.03. The highest BCUT2D eigenvalue weighted by Gasteiger charge is 2.27. The Morgan fingerprint density at radius 3 is 2.59 bits per heavy atom. The van der Waals surface area contributed by atoms with Crippen LogP contribution in [-0.4, -0.2) is 18.9 Å². The van der Waals surface area contributed by atoms with Crippen LogP contribution in [0.2, 0.25) is 0 Å². The van der Waals surface area contributed by atoms with E-state index in [1.807, 2.05) is 31.3 Å². The third kappa shape index (κ3) is 2.71. The molecule has 1 atom stereocenters. The van der Waals surface area contributed by atoms with E-state index in [-0.39, 0.29) is 17.7 Å². The molecular weight excluding hydrogens is 216 g/mol. The number of amides is 2. The fourth-order valence-electron chi connectivity index (χ4n) is 2.08. The summed E-state index contributed by atoms with van der Waals surface area (Å²) in [7, 11) is 1.90. The van der Waals surface area contributed by atoms with Gasteiger partial charge in [0, 0.05) is 13.0 Å². The molecule has 1 unspecified atom stereocenters. The number of carbonyl (C=O) groups excluding carboxylic acids is 2. The van der Waals surface area contributed by atoms with E-state index in [4.69, 9.17) is 0 Å². The fraction of sp³-hybridized carbons (Fsp3) is 0.385. The minimum Gasteiger partial charge on any atom is -0.316 e. The van der Waals surface area contributed by atoms with E-state index in [2.05, 4.69) is 10.6 Å². The molecule has 1 aliphatic rings. The maximum atomic E-state index is 11.7. The van der Waals surface area contributed by atoms with Gasteiger partial charge in [-0.05, 0) is 24.6 Å². The Morgan fingerprint density at radius 2 is 2.00 bits per heavy atom. The molecule has 0 spiro atoms. The average molecular weight is 232 g/mol. The van der Waals surface area contributed by atoms with Crippen LogP contribution < -0.4 is 10.6 Å².